The van der Waals surface area contributed by atoms with Crippen LogP contribution in [0.2, 0.25) is 0 Å². The lowest BCUT2D eigenvalue weighted by molar-refractivity contribution is -0.0773. The van der Waals surface area contributed by atoms with Gasteiger partial charge in [0.15, 0.2) is 0 Å². The van der Waals surface area contributed by atoms with Crippen LogP contribution in [0, 0.1) is 25.7 Å². The van der Waals surface area contributed by atoms with Crippen molar-refractivity contribution in [1.82, 2.24) is 25.2 Å². The highest BCUT2D eigenvalue weighted by Gasteiger charge is 2.37. The molecule has 230 valence electrons. The Bertz CT molecular complexity index is 1130. The second-order valence-corrected chi connectivity index (χ2v) is 15.1. The predicted molar refractivity (Wildman–Crippen MR) is 175 cm³/mol. The molecule has 4 fully saturated rings. The van der Waals surface area contributed by atoms with Crippen LogP contribution < -0.4 is 15.4 Å². The minimum Gasteiger partial charge on any atom is -0.357 e. The van der Waals surface area contributed by atoms with Crippen LogP contribution in [0.4, 0.5) is 0 Å². The van der Waals surface area contributed by atoms with E-state index in [0.717, 1.165) is 38.5 Å². The molecule has 0 aromatic heterocycles. The molecule has 6 nitrogen and oxygen atoms in total. The topological polar surface area (TPSA) is 51.8 Å². The van der Waals surface area contributed by atoms with Crippen LogP contribution >= 0.6 is 11.9 Å². The lowest BCUT2D eigenvalue weighted by Crippen LogP contribution is -2.62. The van der Waals surface area contributed by atoms with E-state index in [1.54, 1.807) is 0 Å². The first-order valence-electron chi connectivity index (χ1n) is 16.5. The number of nitrogens with one attached hydrogen (secondary N) is 3. The van der Waals surface area contributed by atoms with E-state index in [9.17, 15) is 0 Å². The normalized spacial score (nSPS) is 34.6. The molecule has 2 aromatic carbocycles. The van der Waals surface area contributed by atoms with Crippen molar-refractivity contribution >= 4 is 11.9 Å². The zero-order chi connectivity index (χ0) is 29.1. The summed E-state index contributed by atoms with van der Waals surface area (Å²) in [7, 11) is 0. The zero-order valence-electron chi connectivity index (χ0n) is 26.2. The quantitative estimate of drug-likeness (QED) is 0.371. The summed E-state index contributed by atoms with van der Waals surface area (Å²) in [4.78, 5) is 5.55. The van der Waals surface area contributed by atoms with E-state index in [2.05, 4.69) is 101 Å². The van der Waals surface area contributed by atoms with E-state index >= 15 is 0 Å². The van der Waals surface area contributed by atoms with Gasteiger partial charge in [-0.2, -0.15) is 0 Å². The Morgan fingerprint density at radius 3 is 2.50 bits per heavy atom. The van der Waals surface area contributed by atoms with E-state index < -0.39 is 0 Å². The minimum atomic E-state index is -0.0134. The number of rotatable bonds is 5. The summed E-state index contributed by atoms with van der Waals surface area (Å²) in [5, 5.41) is 8.42. The molecular formula is C35H53N5OS. The third-order valence-electron chi connectivity index (χ3n) is 9.88. The lowest BCUT2D eigenvalue weighted by atomic mass is 9.88. The van der Waals surface area contributed by atoms with Gasteiger partial charge in [0, 0.05) is 56.5 Å². The van der Waals surface area contributed by atoms with Crippen molar-refractivity contribution in [2.24, 2.45) is 11.8 Å². The van der Waals surface area contributed by atoms with E-state index in [1.807, 2.05) is 11.9 Å². The average molecular weight is 592 g/mol. The number of fused-ring (bicyclic) bond motifs is 6. The molecule has 4 aliphatic rings. The van der Waals surface area contributed by atoms with Crippen LogP contribution in [-0.2, 0) is 11.3 Å². The molecule has 3 saturated heterocycles. The van der Waals surface area contributed by atoms with Gasteiger partial charge in [-0.15, -0.1) is 0 Å². The second-order valence-electron chi connectivity index (χ2n) is 13.9. The molecule has 0 spiro atoms. The third kappa shape index (κ3) is 7.79. The average Bonchev–Trinajstić information content (AvgIpc) is 3.09. The van der Waals surface area contributed by atoms with Crippen molar-refractivity contribution in [3.63, 3.8) is 0 Å². The predicted octanol–water partition coefficient (Wildman–Crippen LogP) is 5.97. The summed E-state index contributed by atoms with van der Waals surface area (Å²) in [5.74, 6) is 1.44. The molecule has 3 N–H and O–H groups in total. The Balaban J connectivity index is 1.30. The molecule has 0 radical (unpaired) electrons. The number of nitrogens with zero attached hydrogens (tertiary/aromatic N) is 2. The number of ether oxygens (including phenoxy) is 1. The van der Waals surface area contributed by atoms with E-state index in [1.165, 1.54) is 60.9 Å². The highest BCUT2D eigenvalue weighted by molar-refractivity contribution is 7.98. The van der Waals surface area contributed by atoms with Gasteiger partial charge in [0.2, 0.25) is 0 Å². The Hall–Kier alpha value is -1.45. The molecule has 3 heterocycles. The van der Waals surface area contributed by atoms with Gasteiger partial charge in [-0.1, -0.05) is 80.7 Å². The van der Waals surface area contributed by atoms with Gasteiger partial charge >= 0.3 is 0 Å². The first-order valence-corrected chi connectivity index (χ1v) is 17.4. The van der Waals surface area contributed by atoms with Gasteiger partial charge < -0.3 is 4.74 Å². The van der Waals surface area contributed by atoms with Crippen molar-refractivity contribution in [2.75, 3.05) is 26.2 Å². The Morgan fingerprint density at radius 2 is 1.71 bits per heavy atom. The maximum Gasteiger partial charge on any atom is 0.123 e. The van der Waals surface area contributed by atoms with Crippen molar-refractivity contribution in [1.29, 1.82) is 0 Å². The molecule has 1 aliphatic carbocycles. The van der Waals surface area contributed by atoms with Crippen LogP contribution in [0.5, 0.6) is 0 Å². The third-order valence-corrected chi connectivity index (χ3v) is 11.0. The van der Waals surface area contributed by atoms with E-state index in [4.69, 9.17) is 4.74 Å². The summed E-state index contributed by atoms with van der Waals surface area (Å²) in [6.07, 6.45) is 7.62. The molecule has 2 aromatic rings. The summed E-state index contributed by atoms with van der Waals surface area (Å²) < 4.78 is 11.0. The SMILES string of the molecule is Cc1cccc(C)c1C1CC2NC(NSC3CCCC(C3)CN3C[C@@H](CN(Cc4ccccc4)[C@H](CC(C)C)C3)O2)N1. The molecule has 6 unspecified atom stereocenters. The minimum absolute atomic E-state index is 0.00915. The molecule has 0 amide bonds. The van der Waals surface area contributed by atoms with Crippen molar-refractivity contribution in [3.8, 4) is 0 Å². The number of aryl methyl sites for hydroxylation is 2. The number of hydrogen-bond acceptors (Lipinski definition) is 7. The van der Waals surface area contributed by atoms with Gasteiger partial charge in [-0.3, -0.25) is 20.4 Å². The smallest absolute Gasteiger partial charge is 0.123 e. The second kappa shape index (κ2) is 14.1. The zero-order valence-corrected chi connectivity index (χ0v) is 27.0. The highest BCUT2D eigenvalue weighted by Crippen LogP contribution is 2.35. The largest absolute Gasteiger partial charge is 0.357 e. The van der Waals surface area contributed by atoms with Crippen LogP contribution in [0.15, 0.2) is 48.5 Å². The first kappa shape index (κ1) is 30.6. The van der Waals surface area contributed by atoms with Gasteiger partial charge in [0.1, 0.15) is 12.5 Å². The van der Waals surface area contributed by atoms with Crippen molar-refractivity contribution < 1.29 is 4.74 Å². The maximum atomic E-state index is 7.17. The summed E-state index contributed by atoms with van der Waals surface area (Å²) in [6.45, 7) is 14.6. The van der Waals surface area contributed by atoms with Crippen molar-refractivity contribution in [3.05, 3.63) is 70.8 Å². The molecule has 6 bridgehead atoms. The van der Waals surface area contributed by atoms with Crippen LogP contribution in [0.1, 0.15) is 80.7 Å². The maximum absolute atomic E-state index is 7.17. The molecule has 7 heteroatoms. The molecular weight excluding hydrogens is 538 g/mol. The summed E-state index contributed by atoms with van der Waals surface area (Å²) >= 11 is 1.95. The fourth-order valence-electron chi connectivity index (χ4n) is 8.06. The van der Waals surface area contributed by atoms with Gasteiger partial charge in [0.25, 0.3) is 0 Å². The van der Waals surface area contributed by atoms with Gasteiger partial charge in [-0.25, -0.2) is 4.72 Å². The van der Waals surface area contributed by atoms with Crippen LogP contribution in [0.25, 0.3) is 0 Å². The fraction of sp³-hybridized carbons (Fsp3) is 0.657. The first-order chi connectivity index (χ1) is 20.4. The van der Waals surface area contributed by atoms with Gasteiger partial charge in [0.05, 0.1) is 6.10 Å². The molecule has 42 heavy (non-hydrogen) atoms. The summed E-state index contributed by atoms with van der Waals surface area (Å²) in [5.41, 5.74) is 5.55. The van der Waals surface area contributed by atoms with Gasteiger partial charge in [-0.05, 0) is 73.6 Å². The number of hydrogen-bond donors (Lipinski definition) is 3. The number of benzene rings is 2. The van der Waals surface area contributed by atoms with E-state index in [0.29, 0.717) is 17.2 Å². The van der Waals surface area contributed by atoms with Crippen molar-refractivity contribution in [2.45, 2.75) is 109 Å². The lowest BCUT2D eigenvalue weighted by Gasteiger charge is -2.41. The molecule has 6 rings (SSSR count). The Morgan fingerprint density at radius 1 is 0.905 bits per heavy atom. The van der Waals surface area contributed by atoms with Crippen LogP contribution in [0.3, 0.4) is 0 Å². The van der Waals surface area contributed by atoms with E-state index in [-0.39, 0.29) is 24.7 Å². The monoisotopic (exact) mass is 591 g/mol. The summed E-state index contributed by atoms with van der Waals surface area (Å²) in [6, 6.07) is 18.5. The fourth-order valence-corrected chi connectivity index (χ4v) is 9.18. The Labute approximate surface area is 258 Å². The molecule has 1 saturated carbocycles. The standard InChI is InChI=1S/C35H53N5OS/c1-24(2)16-29-21-39-19-28-14-9-15-31(17-28)42-38-35-36-32(34-25(3)10-8-11-26(34)4)18-33(37-35)41-30(22-39)23-40(29)20-27-12-6-5-7-13-27/h5-8,10-13,24,28-33,35-38H,9,14-23H2,1-4H3/t28?,29-,30+,31?,32?,33?,35?/m1/s1. The molecule has 3 aliphatic heterocycles. The highest BCUT2D eigenvalue weighted by atomic mass is 32.2. The van der Waals surface area contributed by atoms with Crippen LogP contribution in [-0.4, -0.2) is 65.9 Å². The Kier molecular flexibility index (Phi) is 10.3. The molecule has 8 atom stereocenters.